The van der Waals surface area contributed by atoms with Crippen LogP contribution in [0.5, 0.6) is 5.75 Å². The second kappa shape index (κ2) is 18.0. The molecular formula is C40H58N4O7. The number of alkyl carbamates (subject to hydrolysis) is 1. The molecule has 11 heteroatoms. The summed E-state index contributed by atoms with van der Waals surface area (Å²) in [4.78, 5) is 33.8. The van der Waals surface area contributed by atoms with Gasteiger partial charge in [-0.05, 0) is 48.2 Å². The first-order valence-electron chi connectivity index (χ1n) is 19.1. The van der Waals surface area contributed by atoms with Crippen molar-refractivity contribution in [2.75, 3.05) is 66.6 Å². The molecule has 0 radical (unpaired) electrons. The maximum Gasteiger partial charge on any atom is 0.408 e. The second-order valence-corrected chi connectivity index (χ2v) is 15.2. The second-order valence-electron chi connectivity index (χ2n) is 15.2. The summed E-state index contributed by atoms with van der Waals surface area (Å²) in [7, 11) is 3.82. The van der Waals surface area contributed by atoms with E-state index < -0.39 is 30.4 Å². The number of nitrogens with one attached hydrogen (secondary N) is 1. The average Bonchev–Trinajstić information content (AvgIpc) is 3.78. The standard InChI is InChI=1S/C40H58N4O7/c1-42-17-19-44(20-18-42)21-23-50-31-14-12-29(13-15-31)34(24-28-8-4-3-5-9-28)36(45)26-35(41-40(48)51-32-16-22-49-27-32)39(47)43(2)38-33-11-7-6-10-30(33)25-37(38)46/h6-7,10-15,28,32,34-38,45-46H,3-5,8-9,16-27H2,1-2H3,(H,41,48)/t32-,34-,35+,36-,37+,38-/m0/s1. The van der Waals surface area contributed by atoms with Crippen molar-refractivity contribution in [2.24, 2.45) is 5.92 Å². The van der Waals surface area contributed by atoms with E-state index in [9.17, 15) is 19.8 Å². The number of carbonyl (C=O) groups is 2. The molecule has 2 amide bonds. The van der Waals surface area contributed by atoms with Crippen molar-refractivity contribution in [1.29, 1.82) is 0 Å². The van der Waals surface area contributed by atoms with Gasteiger partial charge in [0.1, 0.15) is 24.5 Å². The first-order valence-corrected chi connectivity index (χ1v) is 19.1. The van der Waals surface area contributed by atoms with Gasteiger partial charge in [0, 0.05) is 65.0 Å². The van der Waals surface area contributed by atoms with Gasteiger partial charge in [0.25, 0.3) is 0 Å². The molecule has 2 aliphatic carbocycles. The van der Waals surface area contributed by atoms with Crippen LogP contribution in [0.25, 0.3) is 0 Å². The van der Waals surface area contributed by atoms with Crippen LogP contribution < -0.4 is 10.1 Å². The number of amides is 2. The van der Waals surface area contributed by atoms with Crippen LogP contribution in [-0.2, 0) is 20.7 Å². The number of aliphatic hydroxyl groups excluding tert-OH is 2. The minimum Gasteiger partial charge on any atom is -0.492 e. The molecule has 6 atom stereocenters. The molecule has 0 spiro atoms. The minimum atomic E-state index is -1.06. The highest BCUT2D eigenvalue weighted by molar-refractivity contribution is 5.86. The van der Waals surface area contributed by atoms with Crippen molar-refractivity contribution in [2.45, 2.75) is 94.1 Å². The van der Waals surface area contributed by atoms with Gasteiger partial charge in [-0.2, -0.15) is 0 Å². The summed E-state index contributed by atoms with van der Waals surface area (Å²) in [5, 5.41) is 25.9. The number of fused-ring (bicyclic) bond motifs is 1. The van der Waals surface area contributed by atoms with Crippen LogP contribution >= 0.6 is 0 Å². The molecule has 11 nitrogen and oxygen atoms in total. The summed E-state index contributed by atoms with van der Waals surface area (Å²) >= 11 is 0. The van der Waals surface area contributed by atoms with Crippen molar-refractivity contribution >= 4 is 12.0 Å². The first-order chi connectivity index (χ1) is 24.7. The molecular weight excluding hydrogens is 648 g/mol. The highest BCUT2D eigenvalue weighted by atomic mass is 16.6. The number of rotatable bonds is 14. The average molecular weight is 707 g/mol. The molecule has 2 heterocycles. The van der Waals surface area contributed by atoms with E-state index in [-0.39, 0.29) is 24.3 Å². The van der Waals surface area contributed by atoms with Crippen molar-refractivity contribution in [3.8, 4) is 5.75 Å². The Morgan fingerprint density at radius 2 is 1.76 bits per heavy atom. The van der Waals surface area contributed by atoms with Gasteiger partial charge in [0.2, 0.25) is 5.91 Å². The van der Waals surface area contributed by atoms with E-state index in [4.69, 9.17) is 14.2 Å². The van der Waals surface area contributed by atoms with Crippen molar-refractivity contribution < 1.29 is 34.0 Å². The van der Waals surface area contributed by atoms with E-state index in [0.29, 0.717) is 38.6 Å². The number of aliphatic hydroxyl groups is 2. The topological polar surface area (TPSA) is 124 Å². The Bertz CT molecular complexity index is 1410. The third kappa shape index (κ3) is 10.0. The lowest BCUT2D eigenvalue weighted by Crippen LogP contribution is -2.51. The quantitative estimate of drug-likeness (QED) is 0.266. The molecule has 2 aliphatic heterocycles. The number of piperazine rings is 1. The monoisotopic (exact) mass is 706 g/mol. The number of hydrogen-bond acceptors (Lipinski definition) is 9. The van der Waals surface area contributed by atoms with Crippen LogP contribution in [0.1, 0.15) is 80.0 Å². The molecule has 3 N–H and O–H groups in total. The molecule has 2 saturated heterocycles. The summed E-state index contributed by atoms with van der Waals surface area (Å²) in [5.41, 5.74) is 2.89. The molecule has 280 valence electrons. The minimum absolute atomic E-state index is 0.00453. The Kier molecular flexibility index (Phi) is 13.3. The maximum atomic E-state index is 14.3. The summed E-state index contributed by atoms with van der Waals surface area (Å²) in [5.74, 6) is 0.645. The lowest BCUT2D eigenvalue weighted by molar-refractivity contribution is -0.137. The van der Waals surface area contributed by atoms with Crippen LogP contribution in [0.15, 0.2) is 48.5 Å². The van der Waals surface area contributed by atoms with Gasteiger partial charge in [-0.3, -0.25) is 9.69 Å². The molecule has 0 unspecified atom stereocenters. The van der Waals surface area contributed by atoms with Crippen molar-refractivity contribution in [1.82, 2.24) is 20.0 Å². The van der Waals surface area contributed by atoms with Crippen LogP contribution in [0.4, 0.5) is 4.79 Å². The van der Waals surface area contributed by atoms with E-state index in [2.05, 4.69) is 22.2 Å². The lowest BCUT2D eigenvalue weighted by Gasteiger charge is -2.34. The highest BCUT2D eigenvalue weighted by Gasteiger charge is 2.40. The number of carbonyl (C=O) groups excluding carboxylic acids is 2. The molecule has 2 aromatic rings. The molecule has 3 fully saturated rings. The maximum absolute atomic E-state index is 14.3. The summed E-state index contributed by atoms with van der Waals surface area (Å²) < 4.78 is 17.1. The molecule has 6 rings (SSSR count). The number of ether oxygens (including phenoxy) is 3. The third-order valence-electron chi connectivity index (χ3n) is 11.5. The predicted molar refractivity (Wildman–Crippen MR) is 195 cm³/mol. The van der Waals surface area contributed by atoms with Crippen LogP contribution in [0.3, 0.4) is 0 Å². The molecule has 51 heavy (non-hydrogen) atoms. The first kappa shape index (κ1) is 37.5. The van der Waals surface area contributed by atoms with E-state index in [1.165, 1.54) is 24.2 Å². The van der Waals surface area contributed by atoms with E-state index in [0.717, 1.165) is 74.4 Å². The van der Waals surface area contributed by atoms with E-state index in [1.54, 1.807) is 7.05 Å². The van der Waals surface area contributed by atoms with E-state index >= 15 is 0 Å². The number of hydrogen-bond donors (Lipinski definition) is 3. The highest BCUT2D eigenvalue weighted by Crippen LogP contribution is 2.38. The van der Waals surface area contributed by atoms with Crippen LogP contribution in [0.2, 0.25) is 0 Å². The normalized spacial score (nSPS) is 24.7. The number of nitrogens with zero attached hydrogens (tertiary/aromatic N) is 3. The zero-order chi connectivity index (χ0) is 35.7. The molecule has 4 aliphatic rings. The van der Waals surface area contributed by atoms with Gasteiger partial charge in [0.05, 0.1) is 31.5 Å². The molecule has 2 aromatic carbocycles. The Labute approximate surface area is 303 Å². The third-order valence-corrected chi connectivity index (χ3v) is 11.5. The van der Waals surface area contributed by atoms with Crippen molar-refractivity contribution in [3.05, 3.63) is 65.2 Å². The Morgan fingerprint density at radius 1 is 1.02 bits per heavy atom. The molecule has 1 saturated carbocycles. The van der Waals surface area contributed by atoms with Gasteiger partial charge < -0.3 is 39.5 Å². The number of likely N-dealkylation sites (N-methyl/N-ethyl adjacent to an activating group) is 2. The molecule has 0 aromatic heterocycles. The zero-order valence-electron chi connectivity index (χ0n) is 30.5. The summed E-state index contributed by atoms with van der Waals surface area (Å²) in [6.45, 7) is 6.58. The van der Waals surface area contributed by atoms with Gasteiger partial charge in [-0.25, -0.2) is 4.79 Å². The lowest BCUT2D eigenvalue weighted by atomic mass is 9.77. The smallest absolute Gasteiger partial charge is 0.408 e. The van der Waals surface area contributed by atoms with Crippen LogP contribution in [-0.4, -0.2) is 128 Å². The number of benzene rings is 2. The zero-order valence-corrected chi connectivity index (χ0v) is 30.5. The van der Waals surface area contributed by atoms with E-state index in [1.807, 2.05) is 48.5 Å². The predicted octanol–water partition coefficient (Wildman–Crippen LogP) is 4.12. The Balaban J connectivity index is 1.17. The Morgan fingerprint density at radius 3 is 2.49 bits per heavy atom. The van der Waals surface area contributed by atoms with Gasteiger partial charge in [-0.1, -0.05) is 68.5 Å². The summed E-state index contributed by atoms with van der Waals surface area (Å²) in [6, 6.07) is 14.2. The SMILES string of the molecule is CN1CCN(CCOc2ccc([C@H](CC3CCCCC3)[C@@H](O)C[C@@H](NC(=O)O[C@H]3CCOC3)C(=O)N(C)[C@H]3c4ccccc4C[C@H]3O)cc2)CC1. The largest absolute Gasteiger partial charge is 0.492 e. The van der Waals surface area contributed by atoms with Gasteiger partial charge >= 0.3 is 6.09 Å². The fraction of sp³-hybridized carbons (Fsp3) is 0.650. The van der Waals surface area contributed by atoms with Crippen LogP contribution in [0, 0.1) is 5.92 Å². The fourth-order valence-electron chi connectivity index (χ4n) is 8.44. The Hall–Kier alpha value is -3.22. The van der Waals surface area contributed by atoms with Gasteiger partial charge in [0.15, 0.2) is 0 Å². The van der Waals surface area contributed by atoms with Crippen molar-refractivity contribution in [3.63, 3.8) is 0 Å². The summed E-state index contributed by atoms with van der Waals surface area (Å²) in [6.07, 6.45) is 4.90. The fourth-order valence-corrected chi connectivity index (χ4v) is 8.44. The molecule has 0 bridgehead atoms. The van der Waals surface area contributed by atoms with Gasteiger partial charge in [-0.15, -0.1) is 0 Å².